The fraction of sp³-hybridized carbons (Fsp3) is 0.231. The number of benzene rings is 1. The molecule has 0 fully saturated rings. The predicted molar refractivity (Wildman–Crippen MR) is 72.0 cm³/mol. The molecule has 0 atom stereocenters. The number of nitrogens with one attached hydrogen (secondary N) is 1. The minimum atomic E-state index is -0.0885. The zero-order valence-corrected chi connectivity index (χ0v) is 11.0. The normalized spacial score (nSPS) is 10.7. The SMILES string of the molecule is CC(C)C(=O)Nc1cccc(Cl)c1-n1cccn1. The molecule has 0 saturated carbocycles. The van der Waals surface area contributed by atoms with E-state index in [-0.39, 0.29) is 11.8 Å². The van der Waals surface area contributed by atoms with Gasteiger partial charge in [-0.2, -0.15) is 5.10 Å². The molecule has 1 aromatic carbocycles. The number of hydrogen-bond acceptors (Lipinski definition) is 2. The first-order valence-electron chi connectivity index (χ1n) is 5.69. The highest BCUT2D eigenvalue weighted by molar-refractivity contribution is 6.33. The minimum absolute atomic E-state index is 0.0503. The monoisotopic (exact) mass is 263 g/mol. The van der Waals surface area contributed by atoms with Crippen molar-refractivity contribution in [3.8, 4) is 5.69 Å². The van der Waals surface area contributed by atoms with Crippen LogP contribution in [0.4, 0.5) is 5.69 Å². The topological polar surface area (TPSA) is 46.9 Å². The van der Waals surface area contributed by atoms with E-state index in [2.05, 4.69) is 10.4 Å². The molecule has 2 aromatic rings. The lowest BCUT2D eigenvalue weighted by molar-refractivity contribution is -0.118. The van der Waals surface area contributed by atoms with Crippen LogP contribution in [0.2, 0.25) is 5.02 Å². The molecule has 18 heavy (non-hydrogen) atoms. The second kappa shape index (κ2) is 5.23. The third-order valence-corrected chi connectivity index (χ3v) is 2.81. The molecule has 0 aliphatic carbocycles. The number of amides is 1. The number of carbonyl (C=O) groups is 1. The van der Waals surface area contributed by atoms with Gasteiger partial charge in [-0.05, 0) is 18.2 Å². The van der Waals surface area contributed by atoms with Crippen molar-refractivity contribution in [2.75, 3.05) is 5.32 Å². The Labute approximate surface area is 111 Å². The van der Waals surface area contributed by atoms with Crippen LogP contribution < -0.4 is 5.32 Å². The van der Waals surface area contributed by atoms with Gasteiger partial charge in [0.25, 0.3) is 0 Å². The van der Waals surface area contributed by atoms with E-state index in [1.165, 1.54) is 0 Å². The van der Waals surface area contributed by atoms with Gasteiger partial charge in [0, 0.05) is 18.3 Å². The van der Waals surface area contributed by atoms with Crippen LogP contribution in [0.15, 0.2) is 36.7 Å². The molecule has 94 valence electrons. The van der Waals surface area contributed by atoms with Crippen molar-refractivity contribution in [1.29, 1.82) is 0 Å². The van der Waals surface area contributed by atoms with Crippen molar-refractivity contribution < 1.29 is 4.79 Å². The lowest BCUT2D eigenvalue weighted by Crippen LogP contribution is -2.19. The minimum Gasteiger partial charge on any atom is -0.324 e. The third kappa shape index (κ3) is 2.54. The molecule has 0 spiro atoms. The molecule has 1 N–H and O–H groups in total. The highest BCUT2D eigenvalue weighted by atomic mass is 35.5. The van der Waals surface area contributed by atoms with E-state index >= 15 is 0 Å². The van der Waals surface area contributed by atoms with Gasteiger partial charge in [0.1, 0.15) is 5.69 Å². The van der Waals surface area contributed by atoms with Crippen molar-refractivity contribution in [3.63, 3.8) is 0 Å². The maximum absolute atomic E-state index is 11.8. The average Bonchev–Trinajstić information content (AvgIpc) is 2.82. The summed E-state index contributed by atoms with van der Waals surface area (Å²) in [6.45, 7) is 3.68. The summed E-state index contributed by atoms with van der Waals surface area (Å²) in [5, 5.41) is 7.54. The highest BCUT2D eigenvalue weighted by Gasteiger charge is 2.13. The predicted octanol–water partition coefficient (Wildman–Crippen LogP) is 3.12. The molecule has 0 unspecified atom stereocenters. The molecule has 0 saturated heterocycles. The van der Waals surface area contributed by atoms with Crippen LogP contribution in [0.25, 0.3) is 5.69 Å². The van der Waals surface area contributed by atoms with E-state index in [9.17, 15) is 4.79 Å². The van der Waals surface area contributed by atoms with E-state index in [4.69, 9.17) is 11.6 Å². The van der Waals surface area contributed by atoms with Gasteiger partial charge < -0.3 is 5.32 Å². The Hall–Kier alpha value is -1.81. The van der Waals surface area contributed by atoms with Crippen molar-refractivity contribution in [2.24, 2.45) is 5.92 Å². The summed E-state index contributed by atoms with van der Waals surface area (Å²) < 4.78 is 1.64. The van der Waals surface area contributed by atoms with Gasteiger partial charge in [0.2, 0.25) is 5.91 Å². The molecule has 5 heteroatoms. The number of aromatic nitrogens is 2. The van der Waals surface area contributed by atoms with E-state index in [0.29, 0.717) is 16.4 Å². The summed E-state index contributed by atoms with van der Waals surface area (Å²) in [6, 6.07) is 7.18. The van der Waals surface area contributed by atoms with Gasteiger partial charge in [0.05, 0.1) is 10.7 Å². The van der Waals surface area contributed by atoms with Crippen LogP contribution in [-0.4, -0.2) is 15.7 Å². The molecule has 1 heterocycles. The summed E-state index contributed by atoms with van der Waals surface area (Å²) in [5.41, 5.74) is 1.34. The van der Waals surface area contributed by atoms with Gasteiger partial charge in [0.15, 0.2) is 0 Å². The molecule has 1 amide bonds. The standard InChI is InChI=1S/C13H14ClN3O/c1-9(2)13(18)16-11-6-3-5-10(14)12(11)17-8-4-7-15-17/h3-9H,1-2H3,(H,16,18). The van der Waals surface area contributed by atoms with Crippen LogP contribution in [0, 0.1) is 5.92 Å². The summed E-state index contributed by atoms with van der Waals surface area (Å²) in [4.78, 5) is 11.8. The smallest absolute Gasteiger partial charge is 0.226 e. The Morgan fingerprint density at radius 1 is 1.39 bits per heavy atom. The largest absolute Gasteiger partial charge is 0.324 e. The molecule has 1 aromatic heterocycles. The number of rotatable bonds is 3. The molecule has 0 bridgehead atoms. The van der Waals surface area contributed by atoms with Crippen LogP contribution in [0.3, 0.4) is 0 Å². The number of para-hydroxylation sites is 1. The van der Waals surface area contributed by atoms with E-state index in [1.807, 2.05) is 19.9 Å². The van der Waals surface area contributed by atoms with Gasteiger partial charge in [-0.15, -0.1) is 0 Å². The second-order valence-corrected chi connectivity index (χ2v) is 4.64. The zero-order valence-electron chi connectivity index (χ0n) is 10.2. The van der Waals surface area contributed by atoms with Crippen molar-refractivity contribution >= 4 is 23.2 Å². The number of carbonyl (C=O) groups excluding carboxylic acids is 1. The lowest BCUT2D eigenvalue weighted by atomic mass is 10.2. The summed E-state index contributed by atoms with van der Waals surface area (Å²) >= 11 is 6.17. The number of anilines is 1. The fourth-order valence-corrected chi connectivity index (χ4v) is 1.79. The van der Waals surface area contributed by atoms with Crippen molar-refractivity contribution in [2.45, 2.75) is 13.8 Å². The van der Waals surface area contributed by atoms with Crippen molar-refractivity contribution in [1.82, 2.24) is 9.78 Å². The van der Waals surface area contributed by atoms with Gasteiger partial charge in [-0.3, -0.25) is 4.79 Å². The quantitative estimate of drug-likeness (QED) is 0.925. The van der Waals surface area contributed by atoms with Gasteiger partial charge in [-0.1, -0.05) is 31.5 Å². The van der Waals surface area contributed by atoms with Crippen LogP contribution in [0.5, 0.6) is 0 Å². The first kappa shape index (κ1) is 12.6. The number of hydrogen-bond donors (Lipinski definition) is 1. The van der Waals surface area contributed by atoms with Crippen LogP contribution in [-0.2, 0) is 4.79 Å². The summed E-state index contributed by atoms with van der Waals surface area (Å²) in [5.74, 6) is -0.139. The van der Waals surface area contributed by atoms with E-state index in [0.717, 1.165) is 0 Å². The highest BCUT2D eigenvalue weighted by Crippen LogP contribution is 2.28. The average molecular weight is 264 g/mol. The van der Waals surface area contributed by atoms with Crippen molar-refractivity contribution in [3.05, 3.63) is 41.7 Å². The Kier molecular flexibility index (Phi) is 3.67. The van der Waals surface area contributed by atoms with Crippen LogP contribution >= 0.6 is 11.6 Å². The molecular weight excluding hydrogens is 250 g/mol. The van der Waals surface area contributed by atoms with E-state index in [1.54, 1.807) is 35.3 Å². The maximum atomic E-state index is 11.8. The summed E-state index contributed by atoms with van der Waals surface area (Å²) in [6.07, 6.45) is 3.45. The molecule has 2 rings (SSSR count). The van der Waals surface area contributed by atoms with Gasteiger partial charge >= 0.3 is 0 Å². The van der Waals surface area contributed by atoms with Crippen LogP contribution in [0.1, 0.15) is 13.8 Å². The fourth-order valence-electron chi connectivity index (χ4n) is 1.53. The Bertz CT molecular complexity index is 549. The first-order valence-corrected chi connectivity index (χ1v) is 6.07. The number of nitrogens with zero attached hydrogens (tertiary/aromatic N) is 2. The third-order valence-electron chi connectivity index (χ3n) is 2.50. The Morgan fingerprint density at radius 3 is 2.78 bits per heavy atom. The molecule has 0 aliphatic heterocycles. The number of halogens is 1. The molecule has 0 radical (unpaired) electrons. The maximum Gasteiger partial charge on any atom is 0.226 e. The zero-order chi connectivity index (χ0) is 13.1. The molecule has 4 nitrogen and oxygen atoms in total. The Morgan fingerprint density at radius 2 is 2.17 bits per heavy atom. The first-order chi connectivity index (χ1) is 8.59. The molecule has 0 aliphatic rings. The van der Waals surface area contributed by atoms with E-state index < -0.39 is 0 Å². The Balaban J connectivity index is 2.42. The molecular formula is C13H14ClN3O. The summed E-state index contributed by atoms with van der Waals surface area (Å²) in [7, 11) is 0. The second-order valence-electron chi connectivity index (χ2n) is 4.23. The van der Waals surface area contributed by atoms with Gasteiger partial charge in [-0.25, -0.2) is 4.68 Å². The lowest BCUT2D eigenvalue weighted by Gasteiger charge is -2.13.